The molecule has 1 N–H and O–H groups in total. The zero-order chi connectivity index (χ0) is 14.5. The van der Waals surface area contributed by atoms with Gasteiger partial charge in [-0.25, -0.2) is 4.39 Å². The van der Waals surface area contributed by atoms with Crippen molar-refractivity contribution in [1.82, 2.24) is 0 Å². The summed E-state index contributed by atoms with van der Waals surface area (Å²) in [4.78, 5) is 0. The zero-order valence-electron chi connectivity index (χ0n) is 10.9. The Labute approximate surface area is 124 Å². The summed E-state index contributed by atoms with van der Waals surface area (Å²) in [6.45, 7) is 1.61. The maximum absolute atomic E-state index is 14.1. The molecule has 0 unspecified atom stereocenters. The summed E-state index contributed by atoms with van der Waals surface area (Å²) >= 11 is 3.36. The molecule has 0 saturated heterocycles. The van der Waals surface area contributed by atoms with E-state index in [1.807, 2.05) is 0 Å². The lowest BCUT2D eigenvalue weighted by Gasteiger charge is -2.33. The third-order valence-electron chi connectivity index (χ3n) is 3.46. The minimum absolute atomic E-state index is 0.0330. The van der Waals surface area contributed by atoms with Gasteiger partial charge >= 0.3 is 0 Å². The van der Waals surface area contributed by atoms with Gasteiger partial charge in [-0.2, -0.15) is 0 Å². The lowest BCUT2D eigenvalue weighted by molar-refractivity contribution is 0.0884. The molecular formula is C15H12BrFO3. The van der Waals surface area contributed by atoms with Crippen molar-refractivity contribution in [3.63, 3.8) is 0 Å². The first-order valence-electron chi connectivity index (χ1n) is 6.01. The second-order valence-electron chi connectivity index (χ2n) is 4.80. The number of hydrogen-bond acceptors (Lipinski definition) is 3. The third-order valence-corrected chi connectivity index (χ3v) is 3.95. The van der Waals surface area contributed by atoms with Gasteiger partial charge in [0, 0.05) is 21.7 Å². The van der Waals surface area contributed by atoms with E-state index in [0.29, 0.717) is 22.6 Å². The van der Waals surface area contributed by atoms with Crippen molar-refractivity contribution < 1.29 is 19.0 Å². The number of fused-ring (bicyclic) bond motifs is 2. The molecule has 2 aromatic rings. The molecule has 0 fully saturated rings. The van der Waals surface area contributed by atoms with Gasteiger partial charge < -0.3 is 14.6 Å². The molecule has 5 heteroatoms. The topological polar surface area (TPSA) is 38.7 Å². The van der Waals surface area contributed by atoms with Crippen LogP contribution >= 0.6 is 15.9 Å². The smallest absolute Gasteiger partial charge is 0.169 e. The fourth-order valence-corrected chi connectivity index (χ4v) is 2.74. The number of aliphatic hydroxyl groups is 1. The summed E-state index contributed by atoms with van der Waals surface area (Å²) < 4.78 is 25.6. The molecule has 0 amide bonds. The van der Waals surface area contributed by atoms with Gasteiger partial charge in [-0.1, -0.05) is 15.9 Å². The van der Waals surface area contributed by atoms with Crippen LogP contribution in [0.25, 0.3) is 0 Å². The van der Waals surface area contributed by atoms with E-state index < -0.39 is 11.4 Å². The van der Waals surface area contributed by atoms with Crippen LogP contribution in [0.1, 0.15) is 18.1 Å². The van der Waals surface area contributed by atoms with Crippen LogP contribution in [0, 0.1) is 5.82 Å². The van der Waals surface area contributed by atoms with Crippen molar-refractivity contribution in [2.45, 2.75) is 12.5 Å². The van der Waals surface area contributed by atoms with Crippen molar-refractivity contribution in [2.75, 3.05) is 7.11 Å². The number of hydrogen-bond donors (Lipinski definition) is 1. The molecule has 2 aromatic carbocycles. The molecule has 0 radical (unpaired) electrons. The van der Waals surface area contributed by atoms with Crippen molar-refractivity contribution in [1.29, 1.82) is 0 Å². The lowest BCUT2D eigenvalue weighted by atomic mass is 9.85. The quantitative estimate of drug-likeness (QED) is 0.855. The highest BCUT2D eigenvalue weighted by molar-refractivity contribution is 9.10. The Hall–Kier alpha value is -1.59. The average Bonchev–Trinajstić information content (AvgIpc) is 2.41. The first-order valence-corrected chi connectivity index (χ1v) is 6.81. The van der Waals surface area contributed by atoms with Gasteiger partial charge in [-0.05, 0) is 31.2 Å². The normalized spacial score (nSPS) is 19.9. The molecule has 0 saturated carbocycles. The molecule has 0 aromatic heterocycles. The number of halogens is 2. The number of benzene rings is 2. The summed E-state index contributed by atoms with van der Waals surface area (Å²) in [5.41, 5.74) is -0.436. The van der Waals surface area contributed by atoms with Gasteiger partial charge in [-0.15, -0.1) is 0 Å². The maximum atomic E-state index is 14.1. The second-order valence-corrected chi connectivity index (χ2v) is 5.72. The van der Waals surface area contributed by atoms with Crippen LogP contribution in [0.5, 0.6) is 17.2 Å². The molecule has 0 aliphatic carbocycles. The van der Waals surface area contributed by atoms with Crippen LogP contribution in [0.15, 0.2) is 34.8 Å². The van der Waals surface area contributed by atoms with Gasteiger partial charge in [0.1, 0.15) is 17.1 Å². The van der Waals surface area contributed by atoms with E-state index in [2.05, 4.69) is 15.9 Å². The number of ether oxygens (including phenoxy) is 2. The predicted octanol–water partition coefficient (Wildman–Crippen LogP) is 3.96. The molecule has 104 valence electrons. The number of rotatable bonds is 1. The van der Waals surface area contributed by atoms with Crippen molar-refractivity contribution in [2.24, 2.45) is 0 Å². The van der Waals surface area contributed by atoms with Crippen LogP contribution in [0.4, 0.5) is 4.39 Å². The minimum atomic E-state index is -1.36. The lowest BCUT2D eigenvalue weighted by Crippen LogP contribution is -2.28. The Bertz CT molecular complexity index is 698. The summed E-state index contributed by atoms with van der Waals surface area (Å²) in [6.07, 6.45) is 0. The van der Waals surface area contributed by atoms with Crippen molar-refractivity contribution in [3.8, 4) is 17.2 Å². The maximum Gasteiger partial charge on any atom is 0.169 e. The fourth-order valence-electron chi connectivity index (χ4n) is 2.38. The average molecular weight is 339 g/mol. The fraction of sp³-hybridized carbons (Fsp3) is 0.200. The van der Waals surface area contributed by atoms with Crippen LogP contribution in [-0.4, -0.2) is 12.2 Å². The molecule has 3 nitrogen and oxygen atoms in total. The van der Waals surface area contributed by atoms with Gasteiger partial charge in [0.15, 0.2) is 11.6 Å². The molecule has 20 heavy (non-hydrogen) atoms. The van der Waals surface area contributed by atoms with E-state index >= 15 is 0 Å². The van der Waals surface area contributed by atoms with E-state index in [9.17, 15) is 9.50 Å². The van der Waals surface area contributed by atoms with E-state index in [1.54, 1.807) is 31.2 Å². The second kappa shape index (κ2) is 4.46. The van der Waals surface area contributed by atoms with Gasteiger partial charge in [0.25, 0.3) is 0 Å². The molecule has 1 aliphatic rings. The highest BCUT2D eigenvalue weighted by atomic mass is 79.9. The molecule has 1 heterocycles. The van der Waals surface area contributed by atoms with Gasteiger partial charge in [0.05, 0.1) is 7.11 Å². The zero-order valence-corrected chi connectivity index (χ0v) is 12.5. The van der Waals surface area contributed by atoms with Gasteiger partial charge in [-0.3, -0.25) is 0 Å². The molecule has 0 spiro atoms. The largest absolute Gasteiger partial charge is 0.497 e. The standard InChI is InChI=1S/C15H12BrFO3/c1-15(18)10-5-8(16)3-4-13(10)20-14-11(15)6-9(19-2)7-12(14)17/h3-7,18H,1-2H3/t15-/m0/s1. The monoisotopic (exact) mass is 338 g/mol. The Balaban J connectivity index is 2.27. The van der Waals surface area contributed by atoms with Crippen LogP contribution in [0.3, 0.4) is 0 Å². The summed E-state index contributed by atoms with van der Waals surface area (Å²) in [5.74, 6) is 0.247. The first-order chi connectivity index (χ1) is 9.43. The minimum Gasteiger partial charge on any atom is -0.497 e. The van der Waals surface area contributed by atoms with Crippen LogP contribution < -0.4 is 9.47 Å². The first kappa shape index (κ1) is 13.4. The van der Waals surface area contributed by atoms with E-state index in [4.69, 9.17) is 9.47 Å². The Morgan fingerprint density at radius 1 is 1.25 bits per heavy atom. The SMILES string of the molecule is COc1cc(F)c2c(c1)[C@@](C)(O)c1cc(Br)ccc1O2. The summed E-state index contributed by atoms with van der Waals surface area (Å²) in [7, 11) is 1.45. The van der Waals surface area contributed by atoms with E-state index in [-0.39, 0.29) is 5.75 Å². The van der Waals surface area contributed by atoms with Gasteiger partial charge in [0.2, 0.25) is 0 Å². The molecule has 0 bridgehead atoms. The Kier molecular flexibility index (Phi) is 2.99. The Morgan fingerprint density at radius 3 is 2.70 bits per heavy atom. The van der Waals surface area contributed by atoms with Crippen LogP contribution in [-0.2, 0) is 5.60 Å². The highest BCUT2D eigenvalue weighted by Crippen LogP contribution is 2.49. The molecule has 3 rings (SSSR count). The third kappa shape index (κ3) is 1.89. The van der Waals surface area contributed by atoms with E-state index in [1.165, 1.54) is 13.2 Å². The van der Waals surface area contributed by atoms with Crippen LogP contribution in [0.2, 0.25) is 0 Å². The van der Waals surface area contributed by atoms with Crippen molar-refractivity contribution in [3.05, 3.63) is 51.7 Å². The van der Waals surface area contributed by atoms with E-state index in [0.717, 1.165) is 4.47 Å². The number of methoxy groups -OCH3 is 1. The predicted molar refractivity (Wildman–Crippen MR) is 75.8 cm³/mol. The summed E-state index contributed by atoms with van der Waals surface area (Å²) in [6, 6.07) is 8.05. The van der Waals surface area contributed by atoms with Crippen molar-refractivity contribution >= 4 is 15.9 Å². The summed E-state index contributed by atoms with van der Waals surface area (Å²) in [5, 5.41) is 10.8. The molecule has 1 atom stereocenters. The highest BCUT2D eigenvalue weighted by Gasteiger charge is 2.38. The molecule has 1 aliphatic heterocycles. The molecular weight excluding hydrogens is 327 g/mol. The Morgan fingerprint density at radius 2 is 2.00 bits per heavy atom.